The highest BCUT2D eigenvalue weighted by Crippen LogP contribution is 2.63. The van der Waals surface area contributed by atoms with Gasteiger partial charge < -0.3 is 19.1 Å². The van der Waals surface area contributed by atoms with Crippen LogP contribution in [0.3, 0.4) is 0 Å². The maximum Gasteiger partial charge on any atom is 0.252 e. The van der Waals surface area contributed by atoms with Gasteiger partial charge in [0.25, 0.3) is 6.71 Å². The Morgan fingerprint density at radius 3 is 1.91 bits per heavy atom. The van der Waals surface area contributed by atoms with E-state index in [1.165, 1.54) is 91.7 Å². The molecule has 8 aromatic rings. The molecule has 1 aliphatic carbocycles. The monoisotopic (exact) mass is 835 g/mol. The average molecular weight is 836 g/mol. The van der Waals surface area contributed by atoms with Crippen LogP contribution in [0.2, 0.25) is 0 Å². The molecule has 1 saturated carbocycles. The number of aryl methyl sites for hydroxylation is 1. The summed E-state index contributed by atoms with van der Waals surface area (Å²) in [5, 5.41) is 2.34. The quantitative estimate of drug-likeness (QED) is 0.165. The molecule has 4 aliphatic rings. The number of hydrogen-bond donors (Lipinski definition) is 0. The minimum atomic E-state index is -0.124. The second kappa shape index (κ2) is 13.4. The zero-order valence-corrected chi connectivity index (χ0v) is 38.9. The standard InChI is InChI=1S/C59H58BN3O/c1-37-30-38(56(2,3)4)26-27-48(37)62-49-36-53-44(43-24-16-17-25-52(43)64-53)35-46(49)60-47-32-39(57(5,6)7)31-45-55(47)63(59(9)29-19-18-28-58(45,59)8)51-34-42(33-50(62)54(51)60)61(40-20-12-10-13-21-40)41-22-14-11-15-23-41/h10-17,20-27,30-36H,18-19,28-29H2,1-9H3. The smallest absolute Gasteiger partial charge is 0.252 e. The highest BCUT2D eigenvalue weighted by Gasteiger charge is 2.61. The van der Waals surface area contributed by atoms with Crippen molar-refractivity contribution in [1.82, 2.24) is 0 Å². The normalized spacial score (nSPS) is 19.7. The first-order valence-electron chi connectivity index (χ1n) is 23.6. The van der Waals surface area contributed by atoms with Crippen LogP contribution in [-0.2, 0) is 16.2 Å². The Morgan fingerprint density at radius 2 is 1.22 bits per heavy atom. The fourth-order valence-corrected chi connectivity index (χ4v) is 12.3. The molecule has 12 rings (SSSR count). The minimum Gasteiger partial charge on any atom is -0.456 e. The molecular formula is C59H58BN3O. The molecule has 0 radical (unpaired) electrons. The van der Waals surface area contributed by atoms with E-state index in [4.69, 9.17) is 4.42 Å². The van der Waals surface area contributed by atoms with Gasteiger partial charge >= 0.3 is 0 Å². The van der Waals surface area contributed by atoms with Gasteiger partial charge in [0.2, 0.25) is 0 Å². The fourth-order valence-electron chi connectivity index (χ4n) is 12.3. The molecule has 2 atom stereocenters. The Morgan fingerprint density at radius 1 is 0.562 bits per heavy atom. The van der Waals surface area contributed by atoms with E-state index in [0.29, 0.717) is 0 Å². The van der Waals surface area contributed by atoms with Crippen molar-refractivity contribution in [1.29, 1.82) is 0 Å². The van der Waals surface area contributed by atoms with E-state index in [2.05, 4.69) is 217 Å². The number of nitrogens with zero attached hydrogens (tertiary/aromatic N) is 3. The van der Waals surface area contributed by atoms with E-state index in [1.807, 2.05) is 0 Å². The number of rotatable bonds is 4. The predicted molar refractivity (Wildman–Crippen MR) is 273 cm³/mol. The summed E-state index contributed by atoms with van der Waals surface area (Å²) in [6.45, 7) is 21.6. The summed E-state index contributed by atoms with van der Waals surface area (Å²) in [6.07, 6.45) is 4.79. The number of anilines is 8. The number of benzene rings is 7. The molecule has 7 aromatic carbocycles. The number of para-hydroxylation sites is 3. The van der Waals surface area contributed by atoms with Gasteiger partial charge in [-0.2, -0.15) is 0 Å². The van der Waals surface area contributed by atoms with Crippen molar-refractivity contribution in [3.8, 4) is 0 Å². The third-order valence-electron chi connectivity index (χ3n) is 16.0. The summed E-state index contributed by atoms with van der Waals surface area (Å²) < 4.78 is 6.80. The maximum atomic E-state index is 6.80. The Labute approximate surface area is 379 Å². The maximum absolute atomic E-state index is 6.80. The van der Waals surface area contributed by atoms with Crippen LogP contribution in [0.4, 0.5) is 45.5 Å². The van der Waals surface area contributed by atoms with Crippen molar-refractivity contribution in [3.63, 3.8) is 0 Å². The van der Waals surface area contributed by atoms with Crippen LogP contribution in [0.5, 0.6) is 0 Å². The fraction of sp³-hybridized carbons (Fsp3) is 0.288. The second-order valence-electron chi connectivity index (χ2n) is 21.8. The molecule has 4 heterocycles. The first kappa shape index (κ1) is 39.4. The Kier molecular flexibility index (Phi) is 8.26. The minimum absolute atomic E-state index is 0.000861. The highest BCUT2D eigenvalue weighted by atomic mass is 16.3. The van der Waals surface area contributed by atoms with Gasteiger partial charge in [0.15, 0.2) is 0 Å². The van der Waals surface area contributed by atoms with Crippen molar-refractivity contribution < 1.29 is 4.42 Å². The van der Waals surface area contributed by atoms with Gasteiger partial charge in [0.05, 0.1) is 11.2 Å². The first-order valence-corrected chi connectivity index (χ1v) is 23.6. The third kappa shape index (κ3) is 5.42. The molecule has 0 bridgehead atoms. The summed E-state index contributed by atoms with van der Waals surface area (Å²) >= 11 is 0. The van der Waals surface area contributed by atoms with Crippen molar-refractivity contribution in [2.75, 3.05) is 14.7 Å². The summed E-state index contributed by atoms with van der Waals surface area (Å²) in [4.78, 5) is 7.95. The lowest BCUT2D eigenvalue weighted by Crippen LogP contribution is -2.64. The van der Waals surface area contributed by atoms with E-state index in [1.54, 1.807) is 0 Å². The Bertz CT molecular complexity index is 3170. The average Bonchev–Trinajstić information content (AvgIpc) is 3.74. The zero-order valence-electron chi connectivity index (χ0n) is 38.9. The van der Waals surface area contributed by atoms with Gasteiger partial charge in [-0.3, -0.25) is 0 Å². The first-order chi connectivity index (χ1) is 30.7. The Hall–Kier alpha value is -6.20. The SMILES string of the molecule is Cc1cc(C(C)(C)C)ccc1N1c2cc3oc4ccccc4c3cc2B2c3cc(C(C)(C)C)cc4c3N(c3cc(N(c5ccccc5)c5ccccc5)cc1c32)C1(C)CCCCC41C. The summed E-state index contributed by atoms with van der Waals surface area (Å²) in [5.41, 5.74) is 21.2. The van der Waals surface area contributed by atoms with Crippen LogP contribution in [-0.4, -0.2) is 12.3 Å². The molecule has 0 spiro atoms. The number of furan rings is 1. The van der Waals surface area contributed by atoms with Gasteiger partial charge in [-0.15, -0.1) is 0 Å². The van der Waals surface area contributed by atoms with Crippen LogP contribution in [0.25, 0.3) is 21.9 Å². The topological polar surface area (TPSA) is 22.9 Å². The molecule has 3 aliphatic heterocycles. The highest BCUT2D eigenvalue weighted by molar-refractivity contribution is 7.00. The largest absolute Gasteiger partial charge is 0.456 e. The molecule has 0 N–H and O–H groups in total. The van der Waals surface area contributed by atoms with Crippen LogP contribution < -0.4 is 31.1 Å². The predicted octanol–water partition coefficient (Wildman–Crippen LogP) is 14.3. The molecule has 0 amide bonds. The second-order valence-corrected chi connectivity index (χ2v) is 21.8. The number of hydrogen-bond acceptors (Lipinski definition) is 4. The van der Waals surface area contributed by atoms with E-state index >= 15 is 0 Å². The Balaban J connectivity index is 1.26. The van der Waals surface area contributed by atoms with Gasteiger partial charge in [-0.1, -0.05) is 146 Å². The summed E-state index contributed by atoms with van der Waals surface area (Å²) in [6, 6.07) is 52.8. The van der Waals surface area contributed by atoms with E-state index in [9.17, 15) is 0 Å². The van der Waals surface area contributed by atoms with Crippen LogP contribution in [0.15, 0.2) is 144 Å². The zero-order chi connectivity index (χ0) is 44.1. The van der Waals surface area contributed by atoms with E-state index in [0.717, 1.165) is 40.0 Å². The molecule has 318 valence electrons. The van der Waals surface area contributed by atoms with Crippen LogP contribution >= 0.6 is 0 Å². The molecular weight excluding hydrogens is 777 g/mol. The van der Waals surface area contributed by atoms with Crippen molar-refractivity contribution in [2.24, 2.45) is 0 Å². The lowest BCUT2D eigenvalue weighted by molar-refractivity contribution is 0.195. The lowest BCUT2D eigenvalue weighted by atomic mass is 9.33. The molecule has 2 unspecified atom stereocenters. The molecule has 0 saturated heterocycles. The van der Waals surface area contributed by atoms with Gasteiger partial charge in [0, 0.05) is 62.1 Å². The van der Waals surface area contributed by atoms with Gasteiger partial charge in [-0.05, 0) is 125 Å². The van der Waals surface area contributed by atoms with Crippen molar-refractivity contribution in [2.45, 2.75) is 110 Å². The van der Waals surface area contributed by atoms with Crippen LogP contribution in [0.1, 0.15) is 103 Å². The van der Waals surface area contributed by atoms with Gasteiger partial charge in [0.1, 0.15) is 11.2 Å². The molecule has 64 heavy (non-hydrogen) atoms. The van der Waals surface area contributed by atoms with Crippen LogP contribution in [0, 0.1) is 6.92 Å². The molecule has 5 heteroatoms. The van der Waals surface area contributed by atoms with Gasteiger partial charge in [-0.25, -0.2) is 0 Å². The molecule has 4 nitrogen and oxygen atoms in total. The third-order valence-corrected chi connectivity index (χ3v) is 16.0. The van der Waals surface area contributed by atoms with Crippen molar-refractivity contribution in [3.05, 3.63) is 162 Å². The van der Waals surface area contributed by atoms with E-state index in [-0.39, 0.29) is 28.5 Å². The lowest BCUT2D eigenvalue weighted by Gasteiger charge is -2.53. The summed E-state index contributed by atoms with van der Waals surface area (Å²) in [7, 11) is 0. The molecule has 1 aromatic heterocycles. The van der Waals surface area contributed by atoms with Crippen molar-refractivity contribution >= 4 is 90.5 Å². The van der Waals surface area contributed by atoms with E-state index < -0.39 is 0 Å². The number of fused-ring (bicyclic) bond motifs is 10. The summed E-state index contributed by atoms with van der Waals surface area (Å²) in [5.74, 6) is 0. The molecule has 1 fully saturated rings.